The molecule has 1 aliphatic carbocycles. The molecular weight excluding hydrogens is 529 g/mol. The first kappa shape index (κ1) is 26.8. The molecule has 2 atom stereocenters. The summed E-state index contributed by atoms with van der Waals surface area (Å²) in [7, 11) is 0. The van der Waals surface area contributed by atoms with E-state index in [1.807, 2.05) is 0 Å². The molecule has 0 amide bonds. The Balaban J connectivity index is 1.21. The predicted molar refractivity (Wildman–Crippen MR) is 130 cm³/mol. The summed E-state index contributed by atoms with van der Waals surface area (Å²) in [6.45, 7) is 2.97. The Bertz CT molecular complexity index is 1290. The molecule has 5 rings (SSSR count). The first-order chi connectivity index (χ1) is 18.1. The number of rotatable bonds is 6. The smallest absolute Gasteiger partial charge is 0.427 e. The van der Waals surface area contributed by atoms with Crippen LogP contribution in [0.25, 0.3) is 10.2 Å². The molecular formula is C27H26F5NO4S. The monoisotopic (exact) mass is 555 g/mol. The second kappa shape index (κ2) is 10.8. The SMILES string of the molecule is CC1CCC(C2CCC(C(=O)Oc3ccc4nc(C(F)(F)Oc5cc(F)c(F)c(F)c5)sc4c3)CC2)OC1. The highest BCUT2D eigenvalue weighted by Gasteiger charge is 2.39. The number of alkyl halides is 2. The molecule has 0 bridgehead atoms. The third-order valence-corrected chi connectivity index (χ3v) is 8.27. The van der Waals surface area contributed by atoms with E-state index in [2.05, 4.69) is 16.6 Å². The molecule has 2 aromatic carbocycles. The first-order valence-corrected chi connectivity index (χ1v) is 13.4. The number of thiazole rings is 1. The highest BCUT2D eigenvalue weighted by atomic mass is 32.1. The maximum absolute atomic E-state index is 14.7. The minimum absolute atomic E-state index is 0.201. The highest BCUT2D eigenvalue weighted by Crippen LogP contribution is 2.39. The van der Waals surface area contributed by atoms with Crippen molar-refractivity contribution >= 4 is 27.5 Å². The number of hydrogen-bond donors (Lipinski definition) is 0. The van der Waals surface area contributed by atoms with Crippen LogP contribution in [-0.4, -0.2) is 23.7 Å². The molecule has 5 nitrogen and oxygen atoms in total. The molecule has 2 heterocycles. The van der Waals surface area contributed by atoms with Crippen LogP contribution in [0.15, 0.2) is 30.3 Å². The van der Waals surface area contributed by atoms with E-state index in [-0.39, 0.29) is 29.3 Å². The number of halogens is 5. The Morgan fingerprint density at radius 1 is 1.00 bits per heavy atom. The van der Waals surface area contributed by atoms with E-state index in [4.69, 9.17) is 9.47 Å². The average Bonchev–Trinajstić information content (AvgIpc) is 3.32. The topological polar surface area (TPSA) is 57.7 Å². The van der Waals surface area contributed by atoms with E-state index in [0.717, 1.165) is 32.3 Å². The number of aromatic nitrogens is 1. The van der Waals surface area contributed by atoms with Crippen molar-refractivity contribution in [2.24, 2.45) is 17.8 Å². The lowest BCUT2D eigenvalue weighted by Crippen LogP contribution is -2.35. The second-order valence-electron chi connectivity index (χ2n) is 10.1. The summed E-state index contributed by atoms with van der Waals surface area (Å²) in [5.74, 6) is -5.35. The molecule has 0 spiro atoms. The summed E-state index contributed by atoms with van der Waals surface area (Å²) >= 11 is 0.575. The van der Waals surface area contributed by atoms with E-state index < -0.39 is 34.3 Å². The number of nitrogens with zero attached hydrogens (tertiary/aromatic N) is 1. The van der Waals surface area contributed by atoms with Crippen molar-refractivity contribution in [3.05, 3.63) is 52.8 Å². The fourth-order valence-corrected chi connectivity index (χ4v) is 5.98. The molecule has 2 fully saturated rings. The van der Waals surface area contributed by atoms with Gasteiger partial charge in [0.15, 0.2) is 17.5 Å². The fraction of sp³-hybridized carbons (Fsp3) is 0.481. The van der Waals surface area contributed by atoms with E-state index in [0.29, 0.717) is 52.8 Å². The van der Waals surface area contributed by atoms with Crippen LogP contribution in [0, 0.1) is 35.2 Å². The first-order valence-electron chi connectivity index (χ1n) is 12.5. The minimum Gasteiger partial charge on any atom is -0.427 e. The van der Waals surface area contributed by atoms with Crippen LogP contribution < -0.4 is 9.47 Å². The van der Waals surface area contributed by atoms with E-state index >= 15 is 0 Å². The van der Waals surface area contributed by atoms with Crippen molar-refractivity contribution in [2.75, 3.05) is 6.61 Å². The van der Waals surface area contributed by atoms with Gasteiger partial charge >= 0.3 is 12.1 Å². The van der Waals surface area contributed by atoms with Crippen molar-refractivity contribution in [3.63, 3.8) is 0 Å². The predicted octanol–water partition coefficient (Wildman–Crippen LogP) is 7.37. The lowest BCUT2D eigenvalue weighted by atomic mass is 9.77. The number of esters is 1. The van der Waals surface area contributed by atoms with Gasteiger partial charge in [-0.3, -0.25) is 4.79 Å². The van der Waals surface area contributed by atoms with Crippen LogP contribution in [0.1, 0.15) is 50.5 Å². The van der Waals surface area contributed by atoms with Gasteiger partial charge in [0.05, 0.1) is 22.2 Å². The number of carbonyl (C=O) groups excluding carboxylic acids is 1. The third-order valence-electron chi connectivity index (χ3n) is 7.20. The zero-order valence-electron chi connectivity index (χ0n) is 20.5. The van der Waals surface area contributed by atoms with Crippen LogP contribution in [0.5, 0.6) is 11.5 Å². The Morgan fingerprint density at radius 2 is 1.71 bits per heavy atom. The summed E-state index contributed by atoms with van der Waals surface area (Å²) < 4.78 is 85.5. The molecule has 11 heteroatoms. The zero-order valence-corrected chi connectivity index (χ0v) is 21.3. The largest absolute Gasteiger partial charge is 0.454 e. The van der Waals surface area contributed by atoms with Gasteiger partial charge in [0.1, 0.15) is 11.5 Å². The molecule has 1 saturated heterocycles. The van der Waals surface area contributed by atoms with E-state index in [9.17, 15) is 26.7 Å². The summed E-state index contributed by atoms with van der Waals surface area (Å²) in [5.41, 5.74) is 0.201. The van der Waals surface area contributed by atoms with Gasteiger partial charge in [0.25, 0.3) is 0 Å². The number of carbonyl (C=O) groups is 1. The lowest BCUT2D eigenvalue weighted by Gasteiger charge is -2.36. The van der Waals surface area contributed by atoms with Crippen LogP contribution in [-0.2, 0) is 15.6 Å². The Kier molecular flexibility index (Phi) is 7.59. The average molecular weight is 556 g/mol. The molecule has 3 aromatic rings. The van der Waals surface area contributed by atoms with Gasteiger partial charge in [0, 0.05) is 24.8 Å². The van der Waals surface area contributed by atoms with Gasteiger partial charge in [0.2, 0.25) is 5.01 Å². The molecule has 1 saturated carbocycles. The molecule has 0 N–H and O–H groups in total. The molecule has 38 heavy (non-hydrogen) atoms. The Morgan fingerprint density at radius 3 is 2.37 bits per heavy atom. The van der Waals surface area contributed by atoms with Gasteiger partial charge in [-0.2, -0.15) is 8.78 Å². The van der Waals surface area contributed by atoms with Gasteiger partial charge in [-0.05, 0) is 62.5 Å². The maximum Gasteiger partial charge on any atom is 0.454 e. The molecule has 0 radical (unpaired) electrons. The van der Waals surface area contributed by atoms with Gasteiger partial charge < -0.3 is 14.2 Å². The van der Waals surface area contributed by atoms with Crippen molar-refractivity contribution in [1.29, 1.82) is 0 Å². The van der Waals surface area contributed by atoms with Crippen LogP contribution in [0.3, 0.4) is 0 Å². The quantitative estimate of drug-likeness (QED) is 0.138. The molecule has 1 aromatic heterocycles. The molecule has 204 valence electrons. The maximum atomic E-state index is 14.7. The number of fused-ring (bicyclic) bond motifs is 1. The number of benzene rings is 2. The van der Waals surface area contributed by atoms with Gasteiger partial charge in [-0.1, -0.05) is 6.92 Å². The van der Waals surface area contributed by atoms with Crippen molar-refractivity contribution < 1.29 is 41.0 Å². The Labute approximate surface area is 219 Å². The molecule has 2 aliphatic rings. The molecule has 1 aliphatic heterocycles. The van der Waals surface area contributed by atoms with Crippen molar-refractivity contribution in [1.82, 2.24) is 4.98 Å². The zero-order chi connectivity index (χ0) is 27.0. The lowest BCUT2D eigenvalue weighted by molar-refractivity contribution is -0.185. The second-order valence-corrected chi connectivity index (χ2v) is 11.1. The van der Waals surface area contributed by atoms with Crippen molar-refractivity contribution in [2.45, 2.75) is 57.7 Å². The van der Waals surface area contributed by atoms with Crippen LogP contribution in [0.2, 0.25) is 0 Å². The highest BCUT2D eigenvalue weighted by molar-refractivity contribution is 7.18. The standard InChI is InChI=1S/C27H26F5NO4S/c1-14-2-9-22(35-13-14)15-3-5-16(6-4-15)25(34)36-17-7-8-21-23(12-17)38-26(33-21)27(31,32)37-18-10-19(28)24(30)20(29)11-18/h7-8,10-12,14-16,22H,2-6,9,13H2,1H3. The number of ether oxygens (including phenoxy) is 3. The minimum atomic E-state index is -4.05. The van der Waals surface area contributed by atoms with Crippen LogP contribution in [0.4, 0.5) is 22.0 Å². The van der Waals surface area contributed by atoms with Gasteiger partial charge in [-0.15, -0.1) is 11.3 Å². The van der Waals surface area contributed by atoms with Gasteiger partial charge in [-0.25, -0.2) is 18.2 Å². The fourth-order valence-electron chi connectivity index (χ4n) is 5.08. The third kappa shape index (κ3) is 5.78. The summed E-state index contributed by atoms with van der Waals surface area (Å²) in [5, 5.41) is -0.779. The van der Waals surface area contributed by atoms with Crippen LogP contribution >= 0.6 is 11.3 Å². The van der Waals surface area contributed by atoms with E-state index in [1.54, 1.807) is 0 Å². The van der Waals surface area contributed by atoms with E-state index in [1.165, 1.54) is 18.2 Å². The Hall–Kier alpha value is -2.79. The summed E-state index contributed by atoms with van der Waals surface area (Å²) in [4.78, 5) is 16.6. The van der Waals surface area contributed by atoms with Crippen molar-refractivity contribution in [3.8, 4) is 11.5 Å². The summed E-state index contributed by atoms with van der Waals surface area (Å²) in [6.07, 6.45) is 1.64. The number of hydrogen-bond acceptors (Lipinski definition) is 6. The molecule has 2 unspecified atom stereocenters. The summed E-state index contributed by atoms with van der Waals surface area (Å²) in [6, 6.07) is 4.99. The normalized spacial score (nSPS) is 24.4.